The monoisotopic (exact) mass is 235 g/mol. The number of amides is 2. The molecule has 5 heteroatoms. The summed E-state index contributed by atoms with van der Waals surface area (Å²) in [7, 11) is 1.53. The Morgan fingerprint density at radius 3 is 2.82 bits per heavy atom. The second-order valence-electron chi connectivity index (χ2n) is 5.10. The van der Waals surface area contributed by atoms with E-state index in [1.54, 1.807) is 0 Å². The van der Waals surface area contributed by atoms with E-state index in [0.717, 1.165) is 12.8 Å². The molecule has 1 unspecified atom stereocenters. The molecule has 1 atom stereocenters. The molecule has 2 amide bonds. The Kier molecular flexibility index (Phi) is 3.16. The van der Waals surface area contributed by atoms with Gasteiger partial charge in [0.15, 0.2) is 0 Å². The van der Waals surface area contributed by atoms with Crippen LogP contribution in [-0.4, -0.2) is 36.3 Å². The molecule has 0 bridgehead atoms. The van der Waals surface area contributed by atoms with Crippen molar-refractivity contribution in [3.63, 3.8) is 0 Å². The molecule has 1 N–H and O–H groups in total. The van der Waals surface area contributed by atoms with Gasteiger partial charge in [-0.25, -0.2) is 0 Å². The molecule has 1 aliphatic carbocycles. The minimum Gasteiger partial charge on any atom is -0.305 e. The number of carbonyl (C=O) groups excluding carboxylic acids is 2. The summed E-state index contributed by atoms with van der Waals surface area (Å²) in [6, 6.07) is 1.94. The number of hydrogen-bond donors (Lipinski definition) is 1. The van der Waals surface area contributed by atoms with Crippen LogP contribution in [0.4, 0.5) is 0 Å². The highest BCUT2D eigenvalue weighted by Gasteiger charge is 2.43. The predicted octanol–water partition coefficient (Wildman–Crippen LogP) is 0.417. The van der Waals surface area contributed by atoms with Gasteiger partial charge in [0.05, 0.1) is 12.1 Å². The molecule has 2 rings (SSSR count). The van der Waals surface area contributed by atoms with Crippen LogP contribution in [-0.2, 0) is 9.59 Å². The zero-order valence-corrected chi connectivity index (χ0v) is 10.0. The molecule has 1 heterocycles. The van der Waals surface area contributed by atoms with Crippen molar-refractivity contribution in [1.29, 1.82) is 5.26 Å². The van der Waals surface area contributed by atoms with Gasteiger partial charge in [0, 0.05) is 26.4 Å². The third-order valence-corrected chi connectivity index (χ3v) is 3.78. The molecule has 5 nitrogen and oxygen atoms in total. The van der Waals surface area contributed by atoms with Crippen LogP contribution in [0.1, 0.15) is 32.1 Å². The number of nitrogens with zero attached hydrogens (tertiary/aromatic N) is 2. The molecule has 0 aromatic heterocycles. The van der Waals surface area contributed by atoms with Crippen LogP contribution in [0.5, 0.6) is 0 Å². The largest absolute Gasteiger partial charge is 0.305 e. The fourth-order valence-corrected chi connectivity index (χ4v) is 2.21. The van der Waals surface area contributed by atoms with Gasteiger partial charge in [-0.15, -0.1) is 0 Å². The number of rotatable bonds is 4. The van der Waals surface area contributed by atoms with Crippen LogP contribution in [0.3, 0.4) is 0 Å². The van der Waals surface area contributed by atoms with Crippen molar-refractivity contribution >= 4 is 11.8 Å². The van der Waals surface area contributed by atoms with Crippen LogP contribution in [0.25, 0.3) is 0 Å². The number of likely N-dealkylation sites (tertiary alicyclic amines) is 1. The number of likely N-dealkylation sites (N-methyl/N-ethyl adjacent to an activating group) is 1. The first kappa shape index (κ1) is 12.1. The van der Waals surface area contributed by atoms with E-state index in [1.165, 1.54) is 11.9 Å². The topological polar surface area (TPSA) is 73.2 Å². The average Bonchev–Trinajstić information content (AvgIpc) is 3.06. The standard InChI is InChI=1S/C12H17N3O2/c1-15-10(16)3-2-9(11(15)17)14-8-12(4-5-12)6-7-13/h9,14H,2-6,8H2,1H3. The third-order valence-electron chi connectivity index (χ3n) is 3.78. The second kappa shape index (κ2) is 4.46. The highest BCUT2D eigenvalue weighted by molar-refractivity contribution is 6.00. The van der Waals surface area contributed by atoms with Crippen LogP contribution in [0, 0.1) is 16.7 Å². The summed E-state index contributed by atoms with van der Waals surface area (Å²) >= 11 is 0. The third kappa shape index (κ3) is 2.47. The molecule has 1 saturated heterocycles. The molecular formula is C12H17N3O2. The van der Waals surface area contributed by atoms with E-state index >= 15 is 0 Å². The van der Waals surface area contributed by atoms with Gasteiger partial charge in [0.1, 0.15) is 0 Å². The Bertz CT molecular complexity index is 382. The summed E-state index contributed by atoms with van der Waals surface area (Å²) in [5.41, 5.74) is 0.0923. The van der Waals surface area contributed by atoms with Crippen molar-refractivity contribution < 1.29 is 9.59 Å². The Morgan fingerprint density at radius 1 is 1.53 bits per heavy atom. The maximum absolute atomic E-state index is 11.8. The molecule has 0 aromatic rings. The van der Waals surface area contributed by atoms with Gasteiger partial charge >= 0.3 is 0 Å². The Morgan fingerprint density at radius 2 is 2.24 bits per heavy atom. The highest BCUT2D eigenvalue weighted by Crippen LogP contribution is 2.48. The SMILES string of the molecule is CN1C(=O)CCC(NCC2(CC#N)CC2)C1=O. The summed E-state index contributed by atoms with van der Waals surface area (Å²) in [5, 5.41) is 11.9. The quantitative estimate of drug-likeness (QED) is 0.717. The molecule has 0 radical (unpaired) electrons. The van der Waals surface area contributed by atoms with Crippen molar-refractivity contribution in [3.05, 3.63) is 0 Å². The summed E-state index contributed by atoms with van der Waals surface area (Å²) in [5.74, 6) is -0.250. The molecule has 2 fully saturated rings. The van der Waals surface area contributed by atoms with Crippen LogP contribution in [0.2, 0.25) is 0 Å². The van der Waals surface area contributed by atoms with Gasteiger partial charge in [-0.1, -0.05) is 0 Å². The maximum Gasteiger partial charge on any atom is 0.246 e. The fourth-order valence-electron chi connectivity index (χ4n) is 2.21. The second-order valence-corrected chi connectivity index (χ2v) is 5.10. The van der Waals surface area contributed by atoms with Gasteiger partial charge in [0.2, 0.25) is 11.8 Å². The summed E-state index contributed by atoms with van der Waals surface area (Å²) in [6.07, 6.45) is 3.66. The van der Waals surface area contributed by atoms with Crippen molar-refractivity contribution in [2.24, 2.45) is 5.41 Å². The fraction of sp³-hybridized carbons (Fsp3) is 0.750. The van der Waals surface area contributed by atoms with Crippen LogP contribution < -0.4 is 5.32 Å². The number of hydrogen-bond acceptors (Lipinski definition) is 4. The summed E-state index contributed by atoms with van der Waals surface area (Å²) in [4.78, 5) is 24.3. The smallest absolute Gasteiger partial charge is 0.246 e. The van der Waals surface area contributed by atoms with E-state index in [1.807, 2.05) is 0 Å². The first-order valence-corrected chi connectivity index (χ1v) is 5.99. The lowest BCUT2D eigenvalue weighted by Crippen LogP contribution is -2.52. The van der Waals surface area contributed by atoms with Gasteiger partial charge in [-0.05, 0) is 24.7 Å². The van der Waals surface area contributed by atoms with Crippen LogP contribution >= 0.6 is 0 Å². The summed E-state index contributed by atoms with van der Waals surface area (Å²) in [6.45, 7) is 0.707. The van der Waals surface area contributed by atoms with Crippen LogP contribution in [0.15, 0.2) is 0 Å². The lowest BCUT2D eigenvalue weighted by molar-refractivity contribution is -0.148. The van der Waals surface area contributed by atoms with Crippen molar-refractivity contribution in [2.75, 3.05) is 13.6 Å². The predicted molar refractivity (Wildman–Crippen MR) is 60.7 cm³/mol. The molecule has 17 heavy (non-hydrogen) atoms. The zero-order chi connectivity index (χ0) is 12.5. The Hall–Kier alpha value is -1.41. The molecular weight excluding hydrogens is 218 g/mol. The van der Waals surface area contributed by atoms with E-state index in [2.05, 4.69) is 11.4 Å². The molecule has 1 aliphatic heterocycles. The number of carbonyl (C=O) groups is 2. The lowest BCUT2D eigenvalue weighted by atomic mass is 10.0. The first-order valence-electron chi connectivity index (χ1n) is 5.99. The zero-order valence-electron chi connectivity index (χ0n) is 10.0. The van der Waals surface area contributed by atoms with E-state index in [9.17, 15) is 9.59 Å². The van der Waals surface area contributed by atoms with Crippen molar-refractivity contribution in [1.82, 2.24) is 10.2 Å². The van der Waals surface area contributed by atoms with Crippen molar-refractivity contribution in [2.45, 2.75) is 38.1 Å². The average molecular weight is 235 g/mol. The van der Waals surface area contributed by atoms with E-state index in [0.29, 0.717) is 25.8 Å². The van der Waals surface area contributed by atoms with E-state index < -0.39 is 0 Å². The molecule has 92 valence electrons. The first-order chi connectivity index (χ1) is 8.08. The lowest BCUT2D eigenvalue weighted by Gasteiger charge is -2.29. The molecule has 0 spiro atoms. The molecule has 0 aromatic carbocycles. The molecule has 2 aliphatic rings. The van der Waals surface area contributed by atoms with Crippen molar-refractivity contribution in [3.8, 4) is 6.07 Å². The van der Waals surface area contributed by atoms with Gasteiger partial charge < -0.3 is 5.32 Å². The van der Waals surface area contributed by atoms with Gasteiger partial charge in [-0.2, -0.15) is 5.26 Å². The number of nitrogens with one attached hydrogen (secondary N) is 1. The minimum atomic E-state index is -0.256. The van der Waals surface area contributed by atoms with E-state index in [4.69, 9.17) is 5.26 Å². The number of imide groups is 1. The minimum absolute atomic E-state index is 0.0923. The molecule has 1 saturated carbocycles. The maximum atomic E-state index is 11.8. The highest BCUT2D eigenvalue weighted by atomic mass is 16.2. The Labute approximate surface area is 101 Å². The van der Waals surface area contributed by atoms with E-state index in [-0.39, 0.29) is 23.3 Å². The number of nitriles is 1. The Balaban J connectivity index is 1.86. The summed E-state index contributed by atoms with van der Waals surface area (Å²) < 4.78 is 0. The normalized spacial score (nSPS) is 26.8. The van der Waals surface area contributed by atoms with Gasteiger partial charge in [-0.3, -0.25) is 14.5 Å². The van der Waals surface area contributed by atoms with Gasteiger partial charge in [0.25, 0.3) is 0 Å². The number of piperidine rings is 1.